The monoisotopic (exact) mass is 937 g/mol. The van der Waals surface area contributed by atoms with Crippen LogP contribution in [0.5, 0.6) is 0 Å². The number of ether oxygens (including phenoxy) is 9. The third-order valence-electron chi connectivity index (χ3n) is 11.6. The van der Waals surface area contributed by atoms with Gasteiger partial charge in [-0.3, -0.25) is 10.2 Å². The molecule has 2 heterocycles. The molecule has 0 aliphatic carbocycles. The van der Waals surface area contributed by atoms with Gasteiger partial charge < -0.3 is 47.1 Å². The van der Waals surface area contributed by atoms with Gasteiger partial charge in [-0.1, -0.05) is 160 Å². The summed E-state index contributed by atoms with van der Waals surface area (Å²) in [5, 5.41) is 10.1. The van der Waals surface area contributed by atoms with Crippen molar-refractivity contribution >= 4 is 71.3 Å². The first-order chi connectivity index (χ1) is 29.4. The summed E-state index contributed by atoms with van der Waals surface area (Å²) in [4.78, 5) is 26.9. The summed E-state index contributed by atoms with van der Waals surface area (Å²) in [6.45, 7) is 11.0. The summed E-state index contributed by atoms with van der Waals surface area (Å²) in [5.74, 6) is -2.67. The van der Waals surface area contributed by atoms with Crippen LogP contribution in [0.25, 0.3) is 0 Å². The molecule has 2 aliphatic heterocycles. The van der Waals surface area contributed by atoms with Crippen LogP contribution < -0.4 is 10.4 Å². The second-order valence-electron chi connectivity index (χ2n) is 16.3. The number of rotatable bonds is 16. The minimum absolute atomic E-state index is 0.0191. The van der Waals surface area contributed by atoms with Gasteiger partial charge in [-0.05, 0) is 27.4 Å². The van der Waals surface area contributed by atoms with Gasteiger partial charge in [0.05, 0.1) is 26.4 Å². The Kier molecular flexibility index (Phi) is 17.1. The number of nitrogens with one attached hydrogen (secondary N) is 1. The van der Waals surface area contributed by atoms with Crippen molar-refractivity contribution in [3.05, 3.63) is 96.6 Å². The second-order valence-corrected chi connectivity index (χ2v) is 22.9. The Bertz CT molecular complexity index is 1880. The van der Waals surface area contributed by atoms with Crippen LogP contribution in [0.2, 0.25) is 5.04 Å². The molecule has 17 heteroatoms. The number of benzene rings is 3. The van der Waals surface area contributed by atoms with Crippen molar-refractivity contribution in [2.24, 2.45) is 5.92 Å². The number of methoxy groups -OCH3 is 3. The van der Waals surface area contributed by atoms with Crippen molar-refractivity contribution in [2.45, 2.75) is 118 Å². The number of carbonyl (C=O) groups excluding carboxylic acids is 2. The van der Waals surface area contributed by atoms with Crippen LogP contribution >= 0.6 is 34.8 Å². The van der Waals surface area contributed by atoms with Crippen LogP contribution in [0.15, 0.2) is 91.0 Å². The lowest BCUT2D eigenvalue weighted by molar-refractivity contribution is -0.367. The highest BCUT2D eigenvalue weighted by Gasteiger charge is 2.61. The fraction of sp³-hybridized carbons (Fsp3) is 0.533. The molecule has 2 aliphatic rings. The molecule has 5 unspecified atom stereocenters. The number of halogens is 3. The normalized spacial score (nSPS) is 28.2. The summed E-state index contributed by atoms with van der Waals surface area (Å²) in [6, 6.07) is 29.2. The van der Waals surface area contributed by atoms with E-state index in [1.807, 2.05) is 97.9 Å². The lowest BCUT2D eigenvalue weighted by Crippen LogP contribution is -2.70. The van der Waals surface area contributed by atoms with Gasteiger partial charge in [0.15, 0.2) is 24.1 Å². The number of hydrogen-bond acceptors (Lipinski definition) is 13. The van der Waals surface area contributed by atoms with Gasteiger partial charge in [0, 0.05) is 27.1 Å². The molecule has 0 radical (unpaired) electrons. The van der Waals surface area contributed by atoms with Gasteiger partial charge in [-0.25, -0.2) is 4.79 Å². The highest BCUT2D eigenvalue weighted by atomic mass is 35.6. The Labute approximate surface area is 380 Å². The summed E-state index contributed by atoms with van der Waals surface area (Å²) in [5.41, 5.74) is -0.784. The van der Waals surface area contributed by atoms with Crippen molar-refractivity contribution in [1.82, 2.24) is 0 Å². The van der Waals surface area contributed by atoms with E-state index in [2.05, 4.69) is 20.8 Å². The second kappa shape index (κ2) is 21.2. The summed E-state index contributed by atoms with van der Waals surface area (Å²) < 4.78 is 61.5. The molecule has 5 rings (SSSR count). The van der Waals surface area contributed by atoms with Crippen LogP contribution in [0, 0.1) is 11.3 Å². The predicted molar refractivity (Wildman–Crippen MR) is 237 cm³/mol. The van der Waals surface area contributed by atoms with Crippen molar-refractivity contribution < 1.29 is 56.6 Å². The van der Waals surface area contributed by atoms with Crippen molar-refractivity contribution in [3.63, 3.8) is 0 Å². The molecule has 0 bridgehead atoms. The minimum atomic E-state index is -3.28. The molecule has 0 aromatic heterocycles. The lowest BCUT2D eigenvalue weighted by Gasteiger charge is -2.52. The van der Waals surface area contributed by atoms with Gasteiger partial charge in [-0.2, -0.15) is 0 Å². The fourth-order valence-corrected chi connectivity index (χ4v) is 13.3. The third-order valence-corrected chi connectivity index (χ3v) is 17.1. The molecule has 0 amide bonds. The molecule has 2 fully saturated rings. The topological polar surface area (TPSA) is 150 Å². The van der Waals surface area contributed by atoms with Gasteiger partial charge in [-0.15, -0.1) is 0 Å². The Morgan fingerprint density at radius 3 is 1.79 bits per heavy atom. The number of esters is 2. The molecule has 2 saturated heterocycles. The molecule has 1 N–H and O–H groups in total. The van der Waals surface area contributed by atoms with E-state index in [0.717, 1.165) is 15.9 Å². The molecule has 0 saturated carbocycles. The molecule has 3 aromatic carbocycles. The maximum absolute atomic E-state index is 13.7. The molecule has 3 aromatic rings. The molecule has 13 nitrogen and oxygen atoms in total. The van der Waals surface area contributed by atoms with Crippen molar-refractivity contribution in [1.29, 1.82) is 5.41 Å². The largest absolute Gasteiger partial charge is 0.467 e. The Morgan fingerprint density at radius 2 is 1.32 bits per heavy atom. The molecule has 10 atom stereocenters. The molecular formula is C45H58Cl3NO12Si. The van der Waals surface area contributed by atoms with E-state index >= 15 is 0 Å². The van der Waals surface area contributed by atoms with Gasteiger partial charge in [0.25, 0.3) is 12.1 Å². The Hall–Kier alpha value is -3.12. The van der Waals surface area contributed by atoms with Crippen LogP contribution in [0.3, 0.4) is 0 Å². The number of alkyl halides is 3. The van der Waals surface area contributed by atoms with E-state index in [-0.39, 0.29) is 19.6 Å². The van der Waals surface area contributed by atoms with Crippen molar-refractivity contribution in [2.75, 3.05) is 27.9 Å². The van der Waals surface area contributed by atoms with E-state index in [1.54, 1.807) is 6.92 Å². The third kappa shape index (κ3) is 10.7. The van der Waals surface area contributed by atoms with E-state index in [0.29, 0.717) is 0 Å². The SMILES string of the molecule is CCC1(C(=O)OC)O[C@@H](O[C@@H]2C(CO[Si](c3ccccc3)(c3ccccc3)C(C)(C)C)OC(OC(=N)C(Cl)(Cl)Cl)C(OCc3ccccc3)[C@H]2OC(C)=O)C(OC)[C@@H](OC)[C@@H]1C. The summed E-state index contributed by atoms with van der Waals surface area (Å²) in [7, 11) is 0.982. The van der Waals surface area contributed by atoms with Crippen molar-refractivity contribution in [3.8, 4) is 0 Å². The zero-order valence-electron chi connectivity index (χ0n) is 36.5. The van der Waals surface area contributed by atoms with Crippen LogP contribution in [-0.4, -0.2) is 113 Å². The zero-order chi connectivity index (χ0) is 45.5. The van der Waals surface area contributed by atoms with E-state index < -0.39 is 95.7 Å². The zero-order valence-corrected chi connectivity index (χ0v) is 39.8. The smallest absolute Gasteiger partial charge is 0.338 e. The van der Waals surface area contributed by atoms with Crippen LogP contribution in [0.1, 0.15) is 53.5 Å². The first-order valence-corrected chi connectivity index (χ1v) is 23.5. The van der Waals surface area contributed by atoms with Crippen LogP contribution in [0.4, 0.5) is 0 Å². The molecule has 62 heavy (non-hydrogen) atoms. The first kappa shape index (κ1) is 49.9. The maximum Gasteiger partial charge on any atom is 0.338 e. The van der Waals surface area contributed by atoms with E-state index in [1.165, 1.54) is 28.3 Å². The lowest BCUT2D eigenvalue weighted by atomic mass is 9.77. The van der Waals surface area contributed by atoms with Gasteiger partial charge in [0.2, 0.25) is 12.2 Å². The molecule has 340 valence electrons. The molecule has 0 spiro atoms. The Morgan fingerprint density at radius 1 is 0.774 bits per heavy atom. The minimum Gasteiger partial charge on any atom is -0.467 e. The maximum atomic E-state index is 13.7. The molecular weight excluding hydrogens is 881 g/mol. The van der Waals surface area contributed by atoms with E-state index in [4.69, 9.17) is 87.3 Å². The average Bonchev–Trinajstić information content (AvgIpc) is 3.24. The fourth-order valence-electron chi connectivity index (χ4n) is 8.58. The van der Waals surface area contributed by atoms with Gasteiger partial charge in [0.1, 0.15) is 18.3 Å². The quantitative estimate of drug-likeness (QED) is 0.0524. The van der Waals surface area contributed by atoms with Gasteiger partial charge >= 0.3 is 11.9 Å². The first-order valence-electron chi connectivity index (χ1n) is 20.4. The predicted octanol–water partition coefficient (Wildman–Crippen LogP) is 6.90. The number of hydrogen-bond donors (Lipinski definition) is 1. The highest BCUT2D eigenvalue weighted by Crippen LogP contribution is 2.44. The highest BCUT2D eigenvalue weighted by molar-refractivity contribution is 6.99. The Balaban J connectivity index is 1.70. The van der Waals surface area contributed by atoms with E-state index in [9.17, 15) is 9.59 Å². The summed E-state index contributed by atoms with van der Waals surface area (Å²) >= 11 is 18.5. The van der Waals surface area contributed by atoms with Crippen LogP contribution in [-0.2, 0) is 63.3 Å². The summed E-state index contributed by atoms with van der Waals surface area (Å²) in [6.07, 6.45) is -9.51. The number of carbonyl (C=O) groups is 2. The standard InChI is InChI=1S/C45H58Cl3NO12Si/c1-10-44(42(51)54-9)28(2)34(52-7)37(53-8)40(61-44)59-35-33(27-56-62(43(4,5)6,31-22-16-12-17-23-31)32-24-18-13-19-25-32)58-39(60-41(49)45(46,47)48)38(36(35)57-29(3)50)55-26-30-20-14-11-15-21-30/h11-25,28,33-40,49H,10,26-27H2,1-9H3/t28-,33?,34-,35+,36-,37?,38?,39?,40+,44?/m0/s1. The average molecular weight is 939 g/mol.